The summed E-state index contributed by atoms with van der Waals surface area (Å²) in [7, 11) is 0. The zero-order chi connectivity index (χ0) is 13.7. The lowest BCUT2D eigenvalue weighted by Crippen LogP contribution is -2.39. The maximum Gasteiger partial charge on any atom is 0.119 e. The Morgan fingerprint density at radius 3 is 2.53 bits per heavy atom. The number of hydrogen-bond donors (Lipinski definition) is 1. The Morgan fingerprint density at radius 2 is 1.95 bits per heavy atom. The van der Waals surface area contributed by atoms with Crippen molar-refractivity contribution in [2.75, 3.05) is 26.2 Å². The molecule has 0 aromatic heterocycles. The summed E-state index contributed by atoms with van der Waals surface area (Å²) in [5.41, 5.74) is 0. The summed E-state index contributed by atoms with van der Waals surface area (Å²) in [6, 6.07) is 7.93. The van der Waals surface area contributed by atoms with Gasteiger partial charge in [0.25, 0.3) is 0 Å². The molecule has 1 saturated heterocycles. The lowest BCUT2D eigenvalue weighted by atomic mass is 9.92. The molecule has 1 aromatic carbocycles. The van der Waals surface area contributed by atoms with E-state index in [1.807, 2.05) is 31.2 Å². The van der Waals surface area contributed by atoms with Gasteiger partial charge in [-0.3, -0.25) is 4.90 Å². The number of rotatable bonds is 5. The van der Waals surface area contributed by atoms with E-state index >= 15 is 0 Å². The van der Waals surface area contributed by atoms with E-state index in [0.717, 1.165) is 49.3 Å². The van der Waals surface area contributed by atoms with Crippen molar-refractivity contribution < 1.29 is 9.84 Å². The fraction of sp³-hybridized carbons (Fsp3) is 0.600. The molecule has 1 aromatic rings. The van der Waals surface area contributed by atoms with Crippen molar-refractivity contribution >= 4 is 15.9 Å². The van der Waals surface area contributed by atoms with E-state index in [1.54, 1.807) is 0 Å². The second-order valence-electron chi connectivity index (χ2n) is 5.22. The van der Waals surface area contributed by atoms with Crippen LogP contribution in [0.3, 0.4) is 0 Å². The topological polar surface area (TPSA) is 32.7 Å². The average molecular weight is 328 g/mol. The van der Waals surface area contributed by atoms with Crippen molar-refractivity contribution in [1.82, 2.24) is 4.90 Å². The van der Waals surface area contributed by atoms with E-state index in [0.29, 0.717) is 5.92 Å². The Hall–Kier alpha value is -0.580. The Bertz CT molecular complexity index is 372. The molecule has 1 atom stereocenters. The third-order valence-electron chi connectivity index (χ3n) is 3.80. The molecular weight excluding hydrogens is 306 g/mol. The molecule has 4 heteroatoms. The number of ether oxygens (including phenoxy) is 1. The lowest BCUT2D eigenvalue weighted by molar-refractivity contribution is 0.0672. The molecule has 3 nitrogen and oxygen atoms in total. The van der Waals surface area contributed by atoms with Crippen molar-refractivity contribution in [3.05, 3.63) is 28.7 Å². The summed E-state index contributed by atoms with van der Waals surface area (Å²) in [5, 5.41) is 9.56. The van der Waals surface area contributed by atoms with Gasteiger partial charge in [0.15, 0.2) is 0 Å². The van der Waals surface area contributed by atoms with Gasteiger partial charge < -0.3 is 9.84 Å². The molecule has 0 amide bonds. The molecule has 0 spiro atoms. The highest BCUT2D eigenvalue weighted by atomic mass is 79.9. The second kappa shape index (κ2) is 7.27. The summed E-state index contributed by atoms with van der Waals surface area (Å²) >= 11 is 3.41. The minimum Gasteiger partial charge on any atom is -0.492 e. The van der Waals surface area contributed by atoms with Crippen LogP contribution >= 0.6 is 15.9 Å². The summed E-state index contributed by atoms with van der Waals surface area (Å²) in [4.78, 5) is 2.41. The van der Waals surface area contributed by atoms with Gasteiger partial charge >= 0.3 is 0 Å². The normalized spacial score (nSPS) is 19.3. The van der Waals surface area contributed by atoms with E-state index in [4.69, 9.17) is 4.74 Å². The quantitative estimate of drug-likeness (QED) is 0.902. The molecule has 1 aliphatic heterocycles. The molecule has 2 rings (SSSR count). The largest absolute Gasteiger partial charge is 0.492 e. The minimum absolute atomic E-state index is 0.166. The molecular formula is C15H22BrNO2. The highest BCUT2D eigenvalue weighted by Gasteiger charge is 2.22. The van der Waals surface area contributed by atoms with Crippen molar-refractivity contribution in [3.8, 4) is 5.75 Å². The van der Waals surface area contributed by atoms with E-state index in [2.05, 4.69) is 20.8 Å². The van der Waals surface area contributed by atoms with Crippen LogP contribution in [0, 0.1) is 5.92 Å². The van der Waals surface area contributed by atoms with Gasteiger partial charge in [0, 0.05) is 11.0 Å². The molecule has 0 radical (unpaired) electrons. The van der Waals surface area contributed by atoms with Crippen LogP contribution in [0.5, 0.6) is 5.75 Å². The highest BCUT2D eigenvalue weighted by Crippen LogP contribution is 2.20. The average Bonchev–Trinajstić information content (AvgIpc) is 2.41. The molecule has 19 heavy (non-hydrogen) atoms. The van der Waals surface area contributed by atoms with E-state index in [9.17, 15) is 5.11 Å². The van der Waals surface area contributed by atoms with Gasteiger partial charge in [-0.15, -0.1) is 0 Å². The molecule has 1 fully saturated rings. The first-order chi connectivity index (χ1) is 9.15. The minimum atomic E-state index is -0.166. The number of nitrogens with zero attached hydrogens (tertiary/aromatic N) is 1. The first-order valence-electron chi connectivity index (χ1n) is 6.94. The monoisotopic (exact) mass is 327 g/mol. The number of aliphatic hydroxyl groups is 1. The number of hydrogen-bond acceptors (Lipinski definition) is 3. The van der Waals surface area contributed by atoms with E-state index in [-0.39, 0.29) is 6.10 Å². The number of benzene rings is 1. The van der Waals surface area contributed by atoms with Crippen LogP contribution in [0.25, 0.3) is 0 Å². The highest BCUT2D eigenvalue weighted by molar-refractivity contribution is 9.10. The summed E-state index contributed by atoms with van der Waals surface area (Å²) in [6.07, 6.45) is 2.02. The molecule has 1 N–H and O–H groups in total. The van der Waals surface area contributed by atoms with Crippen molar-refractivity contribution in [2.45, 2.75) is 25.9 Å². The summed E-state index contributed by atoms with van der Waals surface area (Å²) in [5.74, 6) is 1.39. The van der Waals surface area contributed by atoms with Crippen LogP contribution in [0.4, 0.5) is 0 Å². The maximum atomic E-state index is 9.56. The predicted octanol–water partition coefficient (Wildman–Crippen LogP) is 2.92. The van der Waals surface area contributed by atoms with Crippen LogP contribution in [0.2, 0.25) is 0 Å². The molecule has 106 valence electrons. The molecule has 1 aliphatic rings. The van der Waals surface area contributed by atoms with Crippen LogP contribution in [-0.4, -0.2) is 42.4 Å². The lowest BCUT2D eigenvalue weighted by Gasteiger charge is -2.33. The van der Waals surface area contributed by atoms with Gasteiger partial charge in [0.05, 0.1) is 6.10 Å². The first kappa shape index (κ1) is 14.8. The van der Waals surface area contributed by atoms with Crippen LogP contribution in [-0.2, 0) is 0 Å². The van der Waals surface area contributed by atoms with Crippen molar-refractivity contribution in [1.29, 1.82) is 0 Å². The number of likely N-dealkylation sites (tertiary alicyclic amines) is 1. The Labute approximate surface area is 123 Å². The van der Waals surface area contributed by atoms with Crippen molar-refractivity contribution in [3.63, 3.8) is 0 Å². The van der Waals surface area contributed by atoms with E-state index in [1.165, 1.54) is 0 Å². The first-order valence-corrected chi connectivity index (χ1v) is 7.73. The third kappa shape index (κ3) is 4.79. The van der Waals surface area contributed by atoms with Gasteiger partial charge in [-0.25, -0.2) is 0 Å². The number of piperidine rings is 1. The molecule has 0 aliphatic carbocycles. The maximum absolute atomic E-state index is 9.56. The van der Waals surface area contributed by atoms with Crippen LogP contribution in [0.15, 0.2) is 28.7 Å². The van der Waals surface area contributed by atoms with Gasteiger partial charge in [-0.1, -0.05) is 15.9 Å². The number of halogens is 1. The van der Waals surface area contributed by atoms with Gasteiger partial charge in [0.1, 0.15) is 12.4 Å². The molecule has 0 saturated carbocycles. The van der Waals surface area contributed by atoms with E-state index < -0.39 is 0 Å². The van der Waals surface area contributed by atoms with Crippen LogP contribution < -0.4 is 4.74 Å². The molecule has 1 heterocycles. The fourth-order valence-electron chi connectivity index (χ4n) is 2.48. The summed E-state index contributed by atoms with van der Waals surface area (Å²) < 4.78 is 6.80. The molecule has 1 unspecified atom stereocenters. The Balaban J connectivity index is 1.65. The van der Waals surface area contributed by atoms with Gasteiger partial charge in [-0.2, -0.15) is 0 Å². The molecule has 0 bridgehead atoms. The zero-order valence-corrected chi connectivity index (χ0v) is 13.0. The number of aliphatic hydroxyl groups excluding tert-OH is 1. The van der Waals surface area contributed by atoms with Gasteiger partial charge in [0.2, 0.25) is 0 Å². The SMILES string of the molecule is CC(O)C1CCN(CCOc2ccc(Br)cc2)CC1. The smallest absolute Gasteiger partial charge is 0.119 e. The summed E-state index contributed by atoms with van der Waals surface area (Å²) in [6.45, 7) is 5.72. The standard InChI is InChI=1S/C15H22BrNO2/c1-12(18)13-6-8-17(9-7-13)10-11-19-15-4-2-14(16)3-5-15/h2-5,12-13,18H,6-11H2,1H3. The second-order valence-corrected chi connectivity index (χ2v) is 6.14. The van der Waals surface area contributed by atoms with Gasteiger partial charge in [-0.05, 0) is 63.0 Å². The zero-order valence-electron chi connectivity index (χ0n) is 11.4. The predicted molar refractivity (Wildman–Crippen MR) is 80.5 cm³/mol. The Morgan fingerprint density at radius 1 is 1.32 bits per heavy atom. The van der Waals surface area contributed by atoms with Crippen LogP contribution in [0.1, 0.15) is 19.8 Å². The fourth-order valence-corrected chi connectivity index (χ4v) is 2.75. The Kier molecular flexibility index (Phi) is 5.67. The third-order valence-corrected chi connectivity index (χ3v) is 4.33. The van der Waals surface area contributed by atoms with Crippen molar-refractivity contribution in [2.24, 2.45) is 5.92 Å².